The highest BCUT2D eigenvalue weighted by Crippen LogP contribution is 2.34. The van der Waals surface area contributed by atoms with Crippen LogP contribution in [0.5, 0.6) is 0 Å². The number of rotatable bonds is 20. The maximum absolute atomic E-state index is 13.6. The largest absolute Gasteiger partial charge is 0.457 e. The monoisotopic (exact) mass is 797 g/mol. The van der Waals surface area contributed by atoms with E-state index in [1.807, 2.05) is 32.9 Å². The van der Waals surface area contributed by atoms with Gasteiger partial charge in [-0.25, -0.2) is 0 Å². The van der Waals surface area contributed by atoms with Crippen molar-refractivity contribution in [1.82, 2.24) is 0 Å². The second kappa shape index (κ2) is 23.0. The molecule has 1 aliphatic rings. The topological polar surface area (TPSA) is 132 Å². The van der Waals surface area contributed by atoms with Gasteiger partial charge in [-0.1, -0.05) is 93.5 Å². The lowest BCUT2D eigenvalue weighted by molar-refractivity contribution is -0.157. The molecule has 0 amide bonds. The first-order valence-corrected chi connectivity index (χ1v) is 26.1. The summed E-state index contributed by atoms with van der Waals surface area (Å²) in [5.41, 5.74) is -1.93. The number of hydrogen-bond acceptors (Lipinski definition) is 9. The first-order chi connectivity index (χ1) is 25.1. The number of ether oxygens (including phenoxy) is 2. The Morgan fingerprint density at radius 2 is 1.56 bits per heavy atom. The van der Waals surface area contributed by atoms with Crippen LogP contribution in [0.3, 0.4) is 0 Å². The Balaban J connectivity index is 3.35. The van der Waals surface area contributed by atoms with Gasteiger partial charge in [-0.3, -0.25) is 9.59 Å². The van der Waals surface area contributed by atoms with Crippen molar-refractivity contribution in [2.45, 2.75) is 207 Å². The molecule has 0 fully saturated rings. The van der Waals surface area contributed by atoms with E-state index in [9.17, 15) is 24.9 Å². The van der Waals surface area contributed by atoms with Crippen LogP contribution in [0.1, 0.15) is 129 Å². The first kappa shape index (κ1) is 50.4. The van der Waals surface area contributed by atoms with Gasteiger partial charge in [-0.15, -0.1) is 0 Å². The summed E-state index contributed by atoms with van der Waals surface area (Å²) in [7, 11) is -3.92. The van der Waals surface area contributed by atoms with E-state index in [2.05, 4.69) is 55.4 Å². The van der Waals surface area contributed by atoms with E-state index in [0.29, 0.717) is 6.42 Å². The fourth-order valence-electron chi connectivity index (χ4n) is 7.82. The Hall–Kier alpha value is -1.61. The second-order valence-corrected chi connectivity index (χ2v) is 26.1. The summed E-state index contributed by atoms with van der Waals surface area (Å²) in [4.78, 5) is 25.7. The SMILES string of the molecule is CCC(O[Si](CC)(CC)CC)C(C)C(C)C(O)CC(C)(O)/C=C/C=C(\C)C1OC(=O)CC(O[Si](CC)(CC)CC)CCC(C)(O)C(OC(C)=O)/C=C/C1C. The fourth-order valence-corrected chi connectivity index (χ4v) is 13.8. The maximum Gasteiger partial charge on any atom is 0.308 e. The molecule has 9 nitrogen and oxygen atoms in total. The normalized spacial score (nSPS) is 27.9. The quantitative estimate of drug-likeness (QED) is 0.0477. The molecule has 0 aromatic rings. The van der Waals surface area contributed by atoms with Crippen LogP contribution in [-0.4, -0.2) is 85.6 Å². The van der Waals surface area contributed by atoms with Gasteiger partial charge in [0.15, 0.2) is 16.6 Å². The Kier molecular flexibility index (Phi) is 21.4. The van der Waals surface area contributed by atoms with Gasteiger partial charge >= 0.3 is 11.9 Å². The number of carbonyl (C=O) groups is 2. The summed E-state index contributed by atoms with van der Waals surface area (Å²) in [6, 6.07) is 5.98. The molecule has 0 spiro atoms. The average Bonchev–Trinajstić information content (AvgIpc) is 3.12. The van der Waals surface area contributed by atoms with Crippen molar-refractivity contribution in [1.29, 1.82) is 0 Å². The molecule has 314 valence electrons. The Bertz CT molecular complexity index is 1200. The molecule has 3 N–H and O–H groups in total. The molecule has 1 rings (SSSR count). The predicted molar refractivity (Wildman–Crippen MR) is 225 cm³/mol. The molecule has 10 unspecified atom stereocenters. The molecule has 54 heavy (non-hydrogen) atoms. The molecular formula is C43H80O9Si2. The third-order valence-electron chi connectivity index (χ3n) is 12.6. The lowest BCUT2D eigenvalue weighted by Crippen LogP contribution is -2.45. The van der Waals surface area contributed by atoms with Crippen molar-refractivity contribution in [2.24, 2.45) is 17.8 Å². The lowest BCUT2D eigenvalue weighted by atomic mass is 9.81. The van der Waals surface area contributed by atoms with E-state index in [1.54, 1.807) is 32.1 Å². The molecule has 0 radical (unpaired) electrons. The number of allylic oxidation sites excluding steroid dienone is 2. The minimum atomic E-state index is -2.11. The second-order valence-electron chi connectivity index (χ2n) is 16.7. The van der Waals surface area contributed by atoms with E-state index < -0.39 is 58.2 Å². The molecule has 11 heteroatoms. The van der Waals surface area contributed by atoms with E-state index in [4.69, 9.17) is 18.3 Å². The summed E-state index contributed by atoms with van der Waals surface area (Å²) < 4.78 is 25.4. The van der Waals surface area contributed by atoms with Gasteiger partial charge in [0.25, 0.3) is 0 Å². The van der Waals surface area contributed by atoms with Crippen LogP contribution in [-0.2, 0) is 27.9 Å². The van der Waals surface area contributed by atoms with Gasteiger partial charge in [0.05, 0.1) is 24.2 Å². The molecule has 10 atom stereocenters. The maximum atomic E-state index is 13.6. The number of cyclic esters (lactones) is 1. The van der Waals surface area contributed by atoms with Gasteiger partial charge in [0.1, 0.15) is 17.8 Å². The standard InChI is InChI=1S/C43H80O9Si2/c1-15-38(52-54(19-5,20-6)21-7)34(11)33(10)37(45)30-42(13,47)27-22-23-31(8)41-32(9)24-25-39(49-35(12)44)43(14,48)28-26-36(29-40(46)50-41)51-53(16-2,17-3)18-4/h22-25,27,32-34,36-39,41,45,47-48H,15-21,26,28-30H2,1-14H3/b25-24+,27-22+,31-23+. The smallest absolute Gasteiger partial charge is 0.308 e. The first-order valence-electron chi connectivity index (χ1n) is 21.0. The minimum absolute atomic E-state index is 0.0464. The highest BCUT2D eigenvalue weighted by Gasteiger charge is 2.39. The zero-order valence-corrected chi connectivity index (χ0v) is 38.6. The van der Waals surface area contributed by atoms with Crippen LogP contribution in [0, 0.1) is 17.8 Å². The Morgan fingerprint density at radius 1 is 1.00 bits per heavy atom. The highest BCUT2D eigenvalue weighted by atomic mass is 28.4. The Labute approximate surface area is 331 Å². The van der Waals surface area contributed by atoms with E-state index in [-0.39, 0.29) is 49.1 Å². The van der Waals surface area contributed by atoms with Crippen LogP contribution >= 0.6 is 0 Å². The zero-order chi connectivity index (χ0) is 41.5. The predicted octanol–water partition coefficient (Wildman–Crippen LogP) is 9.42. The lowest BCUT2D eigenvalue weighted by Gasteiger charge is -2.39. The van der Waals surface area contributed by atoms with Crippen molar-refractivity contribution in [3.05, 3.63) is 36.0 Å². The number of carbonyl (C=O) groups excluding carboxylic acids is 2. The van der Waals surface area contributed by atoms with Crippen molar-refractivity contribution in [3.63, 3.8) is 0 Å². The van der Waals surface area contributed by atoms with Crippen LogP contribution in [0.25, 0.3) is 0 Å². The van der Waals surface area contributed by atoms with Gasteiger partial charge in [-0.05, 0) is 99.8 Å². The Morgan fingerprint density at radius 3 is 2.06 bits per heavy atom. The molecule has 0 aromatic carbocycles. The molecule has 0 aliphatic carbocycles. The summed E-state index contributed by atoms with van der Waals surface area (Å²) in [5, 5.41) is 34.3. The number of aliphatic hydroxyl groups is 3. The third-order valence-corrected chi connectivity index (χ3v) is 22.0. The van der Waals surface area contributed by atoms with E-state index >= 15 is 0 Å². The van der Waals surface area contributed by atoms with E-state index in [1.165, 1.54) is 6.92 Å². The molecule has 1 heterocycles. The van der Waals surface area contributed by atoms with E-state index in [0.717, 1.165) is 48.3 Å². The summed E-state index contributed by atoms with van der Waals surface area (Å²) in [6.07, 6.45) is 7.82. The molecular weight excluding hydrogens is 717 g/mol. The number of esters is 2. The summed E-state index contributed by atoms with van der Waals surface area (Å²) >= 11 is 0. The zero-order valence-electron chi connectivity index (χ0n) is 36.6. The van der Waals surface area contributed by atoms with Crippen LogP contribution in [0.2, 0.25) is 36.3 Å². The minimum Gasteiger partial charge on any atom is -0.457 e. The van der Waals surface area contributed by atoms with Gasteiger partial charge in [0.2, 0.25) is 0 Å². The molecule has 0 bridgehead atoms. The van der Waals surface area contributed by atoms with Crippen molar-refractivity contribution >= 4 is 28.6 Å². The van der Waals surface area contributed by atoms with Crippen molar-refractivity contribution in [2.75, 3.05) is 0 Å². The van der Waals surface area contributed by atoms with Crippen LogP contribution in [0.4, 0.5) is 0 Å². The van der Waals surface area contributed by atoms with Crippen molar-refractivity contribution < 1.29 is 43.2 Å². The molecule has 0 saturated heterocycles. The molecule has 1 aliphatic heterocycles. The highest BCUT2D eigenvalue weighted by molar-refractivity contribution is 6.74. The molecule has 0 saturated carbocycles. The number of hydrogen-bond donors (Lipinski definition) is 3. The molecule has 0 aromatic heterocycles. The van der Waals surface area contributed by atoms with Gasteiger partial charge in [0, 0.05) is 25.4 Å². The average molecular weight is 797 g/mol. The van der Waals surface area contributed by atoms with Crippen LogP contribution < -0.4 is 0 Å². The number of aliphatic hydroxyl groups excluding tert-OH is 1. The third kappa shape index (κ3) is 15.4. The van der Waals surface area contributed by atoms with Crippen molar-refractivity contribution in [3.8, 4) is 0 Å². The summed E-state index contributed by atoms with van der Waals surface area (Å²) in [5.74, 6) is -1.18. The fraction of sp³-hybridized carbons (Fsp3) is 0.814. The van der Waals surface area contributed by atoms with Gasteiger partial charge < -0.3 is 33.6 Å². The van der Waals surface area contributed by atoms with Gasteiger partial charge in [-0.2, -0.15) is 0 Å². The summed E-state index contributed by atoms with van der Waals surface area (Å²) in [6.45, 7) is 27.9. The van der Waals surface area contributed by atoms with Crippen LogP contribution in [0.15, 0.2) is 36.0 Å².